The summed E-state index contributed by atoms with van der Waals surface area (Å²) in [4.78, 5) is 0. The van der Waals surface area contributed by atoms with Gasteiger partial charge in [-0.2, -0.15) is 0 Å². The minimum absolute atomic E-state index is 0.0719. The third-order valence-electron chi connectivity index (χ3n) is 5.30. The van der Waals surface area contributed by atoms with Gasteiger partial charge in [-0.15, -0.1) is 0 Å². The van der Waals surface area contributed by atoms with Gasteiger partial charge in [0.2, 0.25) is 0 Å². The second-order valence-corrected chi connectivity index (χ2v) is 8.28. The van der Waals surface area contributed by atoms with Crippen molar-refractivity contribution in [1.82, 2.24) is 0 Å². The van der Waals surface area contributed by atoms with Crippen LogP contribution in [0, 0.1) is 0 Å². The summed E-state index contributed by atoms with van der Waals surface area (Å²) >= 11 is 0. The summed E-state index contributed by atoms with van der Waals surface area (Å²) in [6.45, 7) is 3.89. The van der Waals surface area contributed by atoms with Crippen molar-refractivity contribution >= 4 is 0 Å². The fourth-order valence-electron chi connectivity index (χ4n) is 3.41. The Balaban J connectivity index is 1.83. The molecular formula is C30H48O2. The molecule has 0 saturated carbocycles. The summed E-state index contributed by atoms with van der Waals surface area (Å²) in [5.74, 6) is 0. The van der Waals surface area contributed by atoms with Crippen molar-refractivity contribution in [2.24, 2.45) is 0 Å². The molecule has 1 atom stereocenters. The van der Waals surface area contributed by atoms with Crippen molar-refractivity contribution in [3.05, 3.63) is 72.9 Å². The smallest absolute Gasteiger partial charge is 0.157 e. The first kappa shape index (κ1) is 28.4. The molecule has 0 N–H and O–H groups in total. The van der Waals surface area contributed by atoms with Gasteiger partial charge in [0.05, 0.1) is 0 Å². The molecule has 32 heavy (non-hydrogen) atoms. The first-order chi connectivity index (χ1) is 15.9. The Kier molecular flexibility index (Phi) is 21.3. The van der Waals surface area contributed by atoms with Crippen molar-refractivity contribution in [3.8, 4) is 0 Å². The Bertz CT molecular complexity index is 559. The molecule has 180 valence electrons. The first-order valence-electron chi connectivity index (χ1n) is 13.1. The molecule has 0 radical (unpaired) electrons. The maximum atomic E-state index is 5.77. The number of hydrogen-bond donors (Lipinski definition) is 0. The molecule has 1 rings (SSSR count). The van der Waals surface area contributed by atoms with E-state index in [4.69, 9.17) is 9.47 Å². The zero-order valence-corrected chi connectivity index (χ0v) is 20.6. The molecule has 1 unspecified atom stereocenters. The van der Waals surface area contributed by atoms with Crippen LogP contribution in [0.15, 0.2) is 72.9 Å². The molecule has 1 aliphatic heterocycles. The van der Waals surface area contributed by atoms with Gasteiger partial charge in [0, 0.05) is 13.2 Å². The summed E-state index contributed by atoms with van der Waals surface area (Å²) in [6.07, 6.45) is 43.1. The van der Waals surface area contributed by atoms with Gasteiger partial charge < -0.3 is 9.47 Å². The lowest BCUT2D eigenvalue weighted by molar-refractivity contribution is -0.162. The lowest BCUT2D eigenvalue weighted by Crippen LogP contribution is -2.22. The molecule has 0 aliphatic carbocycles. The average Bonchev–Trinajstić information content (AvgIpc) is 2.82. The highest BCUT2D eigenvalue weighted by Crippen LogP contribution is 2.14. The molecule has 1 saturated heterocycles. The predicted octanol–water partition coefficient (Wildman–Crippen LogP) is 9.18. The predicted molar refractivity (Wildman–Crippen MR) is 141 cm³/mol. The second-order valence-electron chi connectivity index (χ2n) is 8.28. The van der Waals surface area contributed by atoms with E-state index in [9.17, 15) is 0 Å². The van der Waals surface area contributed by atoms with Crippen LogP contribution >= 0.6 is 0 Å². The first-order valence-corrected chi connectivity index (χ1v) is 13.1. The van der Waals surface area contributed by atoms with Crippen molar-refractivity contribution in [2.75, 3.05) is 13.2 Å². The van der Waals surface area contributed by atoms with Gasteiger partial charge in [0.25, 0.3) is 0 Å². The Morgan fingerprint density at radius 2 is 1.16 bits per heavy atom. The topological polar surface area (TPSA) is 18.5 Å². The molecule has 1 heterocycles. The van der Waals surface area contributed by atoms with Gasteiger partial charge in [-0.1, -0.05) is 92.7 Å². The Labute approximate surface area is 198 Å². The van der Waals surface area contributed by atoms with Crippen molar-refractivity contribution in [2.45, 2.75) is 103 Å². The maximum absolute atomic E-state index is 5.77. The molecule has 0 aromatic carbocycles. The maximum Gasteiger partial charge on any atom is 0.157 e. The SMILES string of the molecule is CC/C=C\C/C=C\C/C=C\C/C=C\C/C=C\C/C=C\CCCCCCOC1CCCCO1. The van der Waals surface area contributed by atoms with Crippen LogP contribution in [0.3, 0.4) is 0 Å². The largest absolute Gasteiger partial charge is 0.353 e. The van der Waals surface area contributed by atoms with Crippen LogP contribution in [0.2, 0.25) is 0 Å². The highest BCUT2D eigenvalue weighted by atomic mass is 16.7. The normalized spacial score (nSPS) is 18.1. The molecule has 1 aliphatic rings. The van der Waals surface area contributed by atoms with E-state index in [1.54, 1.807) is 0 Å². The average molecular weight is 441 g/mol. The quantitative estimate of drug-likeness (QED) is 0.147. The lowest BCUT2D eigenvalue weighted by Gasteiger charge is -2.22. The van der Waals surface area contributed by atoms with Crippen LogP contribution in [0.5, 0.6) is 0 Å². The van der Waals surface area contributed by atoms with Crippen LogP contribution in [0.1, 0.15) is 96.8 Å². The van der Waals surface area contributed by atoms with E-state index in [0.717, 1.165) is 64.6 Å². The van der Waals surface area contributed by atoms with Gasteiger partial charge in [0.15, 0.2) is 6.29 Å². The van der Waals surface area contributed by atoms with Gasteiger partial charge >= 0.3 is 0 Å². The number of allylic oxidation sites excluding steroid dienone is 12. The van der Waals surface area contributed by atoms with Gasteiger partial charge in [0.1, 0.15) is 0 Å². The third-order valence-corrected chi connectivity index (χ3v) is 5.30. The zero-order valence-electron chi connectivity index (χ0n) is 20.6. The summed E-state index contributed by atoms with van der Waals surface area (Å²) in [5, 5.41) is 0. The number of ether oxygens (including phenoxy) is 2. The molecule has 0 aromatic rings. The summed E-state index contributed by atoms with van der Waals surface area (Å²) in [7, 11) is 0. The molecule has 0 spiro atoms. The lowest BCUT2D eigenvalue weighted by atomic mass is 10.1. The fourth-order valence-corrected chi connectivity index (χ4v) is 3.41. The minimum Gasteiger partial charge on any atom is -0.353 e. The third kappa shape index (κ3) is 20.3. The van der Waals surface area contributed by atoms with E-state index in [2.05, 4.69) is 79.8 Å². The van der Waals surface area contributed by atoms with Crippen molar-refractivity contribution in [1.29, 1.82) is 0 Å². The number of unbranched alkanes of at least 4 members (excludes halogenated alkanes) is 4. The standard InChI is InChI=1S/C30H48O2/c1-2-3-4-5-6-7-8-9-10-11-12-13-14-15-16-17-18-19-20-21-22-23-25-28-31-30-27-24-26-29-32-30/h3-4,6-7,9-10,12-13,15-16,18-19,30H,2,5,8,11,14,17,20-29H2,1H3/b4-3-,7-6-,10-9-,13-12-,16-15-,19-18-. The van der Waals surface area contributed by atoms with E-state index in [1.165, 1.54) is 38.5 Å². The Morgan fingerprint density at radius 3 is 1.69 bits per heavy atom. The van der Waals surface area contributed by atoms with E-state index < -0.39 is 0 Å². The highest BCUT2D eigenvalue weighted by Gasteiger charge is 2.13. The molecule has 2 heteroatoms. The van der Waals surface area contributed by atoms with Gasteiger partial charge in [-0.05, 0) is 77.0 Å². The van der Waals surface area contributed by atoms with Crippen molar-refractivity contribution in [3.63, 3.8) is 0 Å². The van der Waals surface area contributed by atoms with Gasteiger partial charge in [-0.25, -0.2) is 0 Å². The second kappa shape index (κ2) is 24.0. The zero-order chi connectivity index (χ0) is 22.8. The Hall–Kier alpha value is -1.64. The summed E-state index contributed by atoms with van der Waals surface area (Å²) in [5.41, 5.74) is 0. The van der Waals surface area contributed by atoms with Crippen LogP contribution in [-0.2, 0) is 9.47 Å². The van der Waals surface area contributed by atoms with Crippen LogP contribution in [-0.4, -0.2) is 19.5 Å². The molecule has 0 amide bonds. The van der Waals surface area contributed by atoms with Crippen LogP contribution in [0.25, 0.3) is 0 Å². The molecule has 2 nitrogen and oxygen atoms in total. The van der Waals surface area contributed by atoms with Crippen LogP contribution in [0.4, 0.5) is 0 Å². The highest BCUT2D eigenvalue weighted by molar-refractivity contribution is 5.01. The molecule has 0 bridgehead atoms. The number of rotatable bonds is 19. The van der Waals surface area contributed by atoms with Gasteiger partial charge in [-0.3, -0.25) is 0 Å². The molecular weight excluding hydrogens is 392 g/mol. The van der Waals surface area contributed by atoms with E-state index in [1.807, 2.05) is 0 Å². The molecule has 0 aromatic heterocycles. The monoisotopic (exact) mass is 440 g/mol. The van der Waals surface area contributed by atoms with E-state index in [0.29, 0.717) is 0 Å². The Morgan fingerprint density at radius 1 is 0.625 bits per heavy atom. The minimum atomic E-state index is 0.0719. The summed E-state index contributed by atoms with van der Waals surface area (Å²) in [6, 6.07) is 0. The van der Waals surface area contributed by atoms with E-state index >= 15 is 0 Å². The van der Waals surface area contributed by atoms with Crippen LogP contribution < -0.4 is 0 Å². The number of hydrogen-bond acceptors (Lipinski definition) is 2. The van der Waals surface area contributed by atoms with E-state index in [-0.39, 0.29) is 6.29 Å². The molecule has 1 fully saturated rings. The van der Waals surface area contributed by atoms with Crippen molar-refractivity contribution < 1.29 is 9.47 Å². The fraction of sp³-hybridized carbons (Fsp3) is 0.600. The summed E-state index contributed by atoms with van der Waals surface area (Å²) < 4.78 is 11.4.